The van der Waals surface area contributed by atoms with Gasteiger partial charge >= 0.3 is 5.97 Å². The molecule has 4 aromatic rings. The number of carbonyl (C=O) groups excluding carboxylic acids is 5. The van der Waals surface area contributed by atoms with E-state index in [1.165, 1.54) is 21.9 Å². The smallest absolute Gasteiger partial charge is 0.324 e. The molecule has 0 saturated carbocycles. The van der Waals surface area contributed by atoms with E-state index in [2.05, 4.69) is 66.9 Å². The number of cyclic esters (lactones) is 1. The molecule has 2 saturated heterocycles. The Kier molecular flexibility index (Phi) is 12.9. The number of phenolic OH excluding ortho intramolecular Hbond substituents is 1. The van der Waals surface area contributed by atoms with Crippen molar-refractivity contribution in [3.05, 3.63) is 90.5 Å². The normalized spacial score (nSPS) is 22.0. The lowest BCUT2D eigenvalue weighted by Crippen LogP contribution is -2.63. The first-order chi connectivity index (χ1) is 29.9. The largest absolute Gasteiger partial charge is 0.508 e. The highest BCUT2D eigenvalue weighted by atomic mass is 16.5. The minimum atomic E-state index is -1.92. The molecule has 4 atom stereocenters. The van der Waals surface area contributed by atoms with E-state index in [0.717, 1.165) is 39.4 Å². The molecule has 2 fully saturated rings. The van der Waals surface area contributed by atoms with Crippen molar-refractivity contribution in [2.45, 2.75) is 97.0 Å². The second kappa shape index (κ2) is 18.0. The van der Waals surface area contributed by atoms with Gasteiger partial charge in [-0.2, -0.15) is 0 Å². The molecule has 7 rings (SSSR count). The van der Waals surface area contributed by atoms with Gasteiger partial charge in [0.2, 0.25) is 11.8 Å². The number of fused-ring (bicyclic) bond motifs is 6. The van der Waals surface area contributed by atoms with Gasteiger partial charge < -0.3 is 34.6 Å². The van der Waals surface area contributed by atoms with Crippen LogP contribution in [-0.2, 0) is 48.1 Å². The fourth-order valence-corrected chi connectivity index (χ4v) is 9.55. The van der Waals surface area contributed by atoms with Crippen LogP contribution in [0.1, 0.15) is 65.0 Å². The maximum absolute atomic E-state index is 14.6. The summed E-state index contributed by atoms with van der Waals surface area (Å²) < 4.78 is 8.36. The van der Waals surface area contributed by atoms with Crippen LogP contribution in [0.3, 0.4) is 0 Å². The molecule has 4 amide bonds. The van der Waals surface area contributed by atoms with Crippen LogP contribution in [0.4, 0.5) is 0 Å². The Labute approximate surface area is 368 Å². The second-order valence-electron chi connectivity index (χ2n) is 18.4. The SMILES string of the molecule is C=CC(=O)N1CCC(O)(C(=O)N(C)[C@H](C(=O)N[C@H]2Cc3cc(O)cc(c3)-c3ccc4c(c3)c(c(-c3ccccc3)n4CC)CC(C)(C)COC(=O)[C@@H]3CCCN(N3)C2=O)C(C)C)C1. The minimum absolute atomic E-state index is 0.0161. The first kappa shape index (κ1) is 45.0. The molecule has 4 heterocycles. The van der Waals surface area contributed by atoms with Crippen molar-refractivity contribution in [3.8, 4) is 28.1 Å². The summed E-state index contributed by atoms with van der Waals surface area (Å²) in [7, 11) is 1.43. The van der Waals surface area contributed by atoms with Crippen LogP contribution in [0.5, 0.6) is 5.75 Å². The van der Waals surface area contributed by atoms with Gasteiger partial charge in [-0.05, 0) is 90.3 Å². The van der Waals surface area contributed by atoms with E-state index >= 15 is 0 Å². The number of carbonyl (C=O) groups is 5. The zero-order chi connectivity index (χ0) is 45.4. The highest BCUT2D eigenvalue weighted by Crippen LogP contribution is 2.40. The predicted octanol–water partition coefficient (Wildman–Crippen LogP) is 4.98. The number of hydrogen-bond donors (Lipinski definition) is 4. The Morgan fingerprint density at radius 2 is 1.78 bits per heavy atom. The Balaban J connectivity index is 1.29. The van der Waals surface area contributed by atoms with E-state index in [9.17, 15) is 34.2 Å². The van der Waals surface area contributed by atoms with Crippen LogP contribution >= 0.6 is 0 Å². The van der Waals surface area contributed by atoms with Crippen LogP contribution in [-0.4, -0.2) is 116 Å². The Hall–Kier alpha value is -5.99. The van der Waals surface area contributed by atoms with Crippen molar-refractivity contribution >= 4 is 40.5 Å². The quantitative estimate of drug-likeness (QED) is 0.141. The molecule has 0 radical (unpaired) electrons. The summed E-state index contributed by atoms with van der Waals surface area (Å²) in [6.07, 6.45) is 2.58. The number of esters is 1. The van der Waals surface area contributed by atoms with E-state index in [1.54, 1.807) is 26.0 Å². The Bertz CT molecular complexity index is 2430. The maximum Gasteiger partial charge on any atom is 0.324 e. The Morgan fingerprint density at radius 3 is 2.48 bits per heavy atom. The number of aryl methyl sites for hydroxylation is 1. The van der Waals surface area contributed by atoms with E-state index < -0.39 is 64.7 Å². The summed E-state index contributed by atoms with van der Waals surface area (Å²) in [5.74, 6) is -3.26. The van der Waals surface area contributed by atoms with Crippen LogP contribution in [0.2, 0.25) is 0 Å². The number of β-amino-alcohol motifs (C(OH)–C–C–N with tert-alkyl or cyclic N) is 1. The molecule has 0 spiro atoms. The number of nitrogens with zero attached hydrogens (tertiary/aromatic N) is 4. The number of rotatable bonds is 8. The van der Waals surface area contributed by atoms with Crippen LogP contribution in [0.25, 0.3) is 33.3 Å². The van der Waals surface area contributed by atoms with Gasteiger partial charge in [-0.1, -0.05) is 76.7 Å². The molecule has 3 aliphatic rings. The van der Waals surface area contributed by atoms with Crippen LogP contribution in [0, 0.1) is 11.3 Å². The van der Waals surface area contributed by atoms with E-state index in [1.807, 2.05) is 30.3 Å². The maximum atomic E-state index is 14.6. The van der Waals surface area contributed by atoms with Crippen molar-refractivity contribution in [2.24, 2.45) is 11.3 Å². The van der Waals surface area contributed by atoms with Crippen molar-refractivity contribution in [2.75, 3.05) is 33.3 Å². The highest BCUT2D eigenvalue weighted by Gasteiger charge is 2.48. The number of hydrazine groups is 1. The highest BCUT2D eigenvalue weighted by molar-refractivity contribution is 5.97. The summed E-state index contributed by atoms with van der Waals surface area (Å²) in [5, 5.41) is 28.0. The average molecular weight is 861 g/mol. The van der Waals surface area contributed by atoms with Crippen molar-refractivity contribution < 1.29 is 38.9 Å². The number of amides is 4. The summed E-state index contributed by atoms with van der Waals surface area (Å²) in [5.41, 5.74) is 7.11. The first-order valence-corrected chi connectivity index (χ1v) is 21.9. The number of ether oxygens (including phenoxy) is 1. The summed E-state index contributed by atoms with van der Waals surface area (Å²) >= 11 is 0. The number of nitrogens with one attached hydrogen (secondary N) is 2. The fraction of sp³-hybridized carbons (Fsp3) is 0.449. The van der Waals surface area contributed by atoms with Gasteiger partial charge in [-0.15, -0.1) is 0 Å². The van der Waals surface area contributed by atoms with Gasteiger partial charge in [-0.3, -0.25) is 29.0 Å². The van der Waals surface area contributed by atoms with Crippen molar-refractivity contribution in [1.82, 2.24) is 30.1 Å². The monoisotopic (exact) mass is 860 g/mol. The molecule has 63 heavy (non-hydrogen) atoms. The third-order valence-electron chi connectivity index (χ3n) is 12.7. The average Bonchev–Trinajstić information content (AvgIpc) is 3.81. The van der Waals surface area contributed by atoms with Gasteiger partial charge in [0.1, 0.15) is 23.9 Å². The molecule has 14 nitrogen and oxygen atoms in total. The van der Waals surface area contributed by atoms with Gasteiger partial charge in [0.25, 0.3) is 11.8 Å². The minimum Gasteiger partial charge on any atom is -0.508 e. The lowest BCUT2D eigenvalue weighted by molar-refractivity contribution is -0.156. The molecule has 0 aliphatic carbocycles. The number of aromatic nitrogens is 1. The van der Waals surface area contributed by atoms with Gasteiger partial charge in [0, 0.05) is 55.8 Å². The Morgan fingerprint density at radius 1 is 1.03 bits per heavy atom. The molecule has 1 unspecified atom stereocenters. The molecule has 334 valence electrons. The van der Waals surface area contributed by atoms with Crippen molar-refractivity contribution in [1.29, 1.82) is 0 Å². The molecular formula is C49H60N6O8. The second-order valence-corrected chi connectivity index (χ2v) is 18.4. The first-order valence-electron chi connectivity index (χ1n) is 21.9. The topological polar surface area (TPSA) is 174 Å². The zero-order valence-corrected chi connectivity index (χ0v) is 37.1. The zero-order valence-electron chi connectivity index (χ0n) is 37.1. The van der Waals surface area contributed by atoms with Gasteiger partial charge in [0.15, 0.2) is 5.60 Å². The summed E-state index contributed by atoms with van der Waals surface area (Å²) in [6, 6.07) is 18.5. The summed E-state index contributed by atoms with van der Waals surface area (Å²) in [4.78, 5) is 71.7. The molecular weight excluding hydrogens is 801 g/mol. The third kappa shape index (κ3) is 9.24. The standard InChI is InChI=1S/C49H60N6O8/c1-8-41(57)53-21-19-49(62,28-53)47(61)52(7)42(30(3)4)44(58)50-39-24-31-22-34(25-35(56)23-31)33-17-18-40-36(26-33)37(43(54(40)9-2)32-14-11-10-12-15-32)27-48(5,6)29-63-46(60)38-16-13-20-55(51-38)45(39)59/h8,10-12,14-15,17-18,22-23,25-26,30,38-39,42,51,56,62H,1,9,13,16,19-21,24,27-29H2,2-7H3,(H,50,58)/t38-,39-,42-,49?/m0/s1. The molecule has 3 aromatic carbocycles. The molecule has 6 bridgehead atoms. The van der Waals surface area contributed by atoms with Crippen LogP contribution in [0.15, 0.2) is 79.4 Å². The van der Waals surface area contributed by atoms with E-state index in [-0.39, 0.29) is 44.8 Å². The number of likely N-dealkylation sites (tertiary alicyclic amines) is 1. The lowest BCUT2D eigenvalue weighted by atomic mass is 9.84. The van der Waals surface area contributed by atoms with E-state index in [4.69, 9.17) is 4.74 Å². The molecule has 3 aliphatic heterocycles. The number of hydrogen-bond acceptors (Lipinski definition) is 9. The predicted molar refractivity (Wildman–Crippen MR) is 240 cm³/mol. The molecule has 14 heteroatoms. The number of phenols is 1. The fourth-order valence-electron chi connectivity index (χ4n) is 9.55. The third-order valence-corrected chi connectivity index (χ3v) is 12.7. The van der Waals surface area contributed by atoms with Crippen molar-refractivity contribution in [3.63, 3.8) is 0 Å². The number of likely N-dealkylation sites (N-methyl/N-ethyl adjacent to an activating group) is 1. The molecule has 1 aromatic heterocycles. The van der Waals surface area contributed by atoms with Crippen LogP contribution < -0.4 is 10.7 Å². The molecule has 4 N–H and O–H groups in total. The number of aromatic hydroxyl groups is 1. The number of aliphatic hydroxyl groups is 1. The van der Waals surface area contributed by atoms with Gasteiger partial charge in [-0.25, -0.2) is 5.43 Å². The summed E-state index contributed by atoms with van der Waals surface area (Å²) in [6.45, 7) is 14.3. The number of benzene rings is 3. The van der Waals surface area contributed by atoms with Gasteiger partial charge in [0.05, 0.1) is 18.8 Å². The van der Waals surface area contributed by atoms with E-state index in [0.29, 0.717) is 36.9 Å². The lowest BCUT2D eigenvalue weighted by Gasteiger charge is -2.37.